The lowest BCUT2D eigenvalue weighted by atomic mass is 9.98. The van der Waals surface area contributed by atoms with Crippen LogP contribution >= 0.6 is 0 Å². The van der Waals surface area contributed by atoms with E-state index in [1.165, 1.54) is 51.4 Å². The van der Waals surface area contributed by atoms with E-state index in [0.29, 0.717) is 19.3 Å². The Hall–Kier alpha value is -4.62. The Kier molecular flexibility index (Phi) is 55.1. The molecule has 1 rings (SSSR count). The molecule has 0 aromatic rings. The van der Waals surface area contributed by atoms with Crippen LogP contribution in [0.5, 0.6) is 0 Å². The molecule has 0 aromatic heterocycles. The average molecular weight is 1190 g/mol. The largest absolute Gasteiger partial charge is 0.479 e. The molecule has 6 atom stereocenters. The summed E-state index contributed by atoms with van der Waals surface area (Å²) in [4.78, 5) is 51.5. The van der Waals surface area contributed by atoms with E-state index < -0.39 is 67.3 Å². The van der Waals surface area contributed by atoms with Crippen molar-refractivity contribution in [2.75, 3.05) is 13.2 Å². The Morgan fingerprint density at radius 3 is 1.13 bits per heavy atom. The van der Waals surface area contributed by atoms with Gasteiger partial charge in [0, 0.05) is 19.3 Å². The van der Waals surface area contributed by atoms with Crippen molar-refractivity contribution in [3.05, 3.63) is 109 Å². The zero-order valence-electron chi connectivity index (χ0n) is 53.6. The maximum Gasteiger partial charge on any atom is 0.335 e. The lowest BCUT2D eigenvalue weighted by Gasteiger charge is -2.40. The molecule has 3 N–H and O–H groups in total. The SMILES string of the molecule is CC/C=C\C/C=C\C/C=C\C/C=C\CCCCCCCCC(=O)OCC(COC1OC(C(=O)O)C(O)C(O)C1OC(=O)CCCCCCCCC/C=C\C/C=C\C/C=C\CC)OC(=O)CCCCCCCCCCC/C=C\C/C=C\CCCCC. The molecule has 85 heavy (non-hydrogen) atoms. The van der Waals surface area contributed by atoms with Crippen LogP contribution in [-0.4, -0.2) is 89.2 Å². The van der Waals surface area contributed by atoms with Crippen molar-refractivity contribution in [2.24, 2.45) is 0 Å². The van der Waals surface area contributed by atoms with Gasteiger partial charge in [0.15, 0.2) is 24.6 Å². The fourth-order valence-corrected chi connectivity index (χ4v) is 9.70. The second kappa shape index (κ2) is 59.7. The molecule has 1 fully saturated rings. The highest BCUT2D eigenvalue weighted by atomic mass is 16.7. The Bertz CT molecular complexity index is 1890. The highest BCUT2D eigenvalue weighted by molar-refractivity contribution is 5.74. The summed E-state index contributed by atoms with van der Waals surface area (Å²) in [6.45, 7) is 5.76. The minimum atomic E-state index is -1.92. The van der Waals surface area contributed by atoms with Crippen LogP contribution in [0.2, 0.25) is 0 Å². The van der Waals surface area contributed by atoms with Crippen molar-refractivity contribution in [2.45, 2.75) is 314 Å². The van der Waals surface area contributed by atoms with Crippen LogP contribution in [-0.2, 0) is 42.9 Å². The minimum absolute atomic E-state index is 0.0430. The number of carboxylic acids is 1. The van der Waals surface area contributed by atoms with Crippen LogP contribution in [0.4, 0.5) is 0 Å². The number of carbonyl (C=O) groups excluding carboxylic acids is 3. The van der Waals surface area contributed by atoms with E-state index in [2.05, 4.69) is 130 Å². The second-order valence-electron chi connectivity index (χ2n) is 22.7. The van der Waals surface area contributed by atoms with Crippen molar-refractivity contribution in [3.63, 3.8) is 0 Å². The number of carbonyl (C=O) groups is 4. The first-order chi connectivity index (χ1) is 41.6. The predicted molar refractivity (Wildman–Crippen MR) is 349 cm³/mol. The van der Waals surface area contributed by atoms with E-state index in [-0.39, 0.29) is 25.9 Å². The van der Waals surface area contributed by atoms with Gasteiger partial charge in [0.05, 0.1) is 6.61 Å². The summed E-state index contributed by atoms with van der Waals surface area (Å²) in [6.07, 6.45) is 68.9. The highest BCUT2D eigenvalue weighted by Gasteiger charge is 2.50. The van der Waals surface area contributed by atoms with Crippen LogP contribution in [0.1, 0.15) is 278 Å². The summed E-state index contributed by atoms with van der Waals surface area (Å²) in [6, 6.07) is 0. The molecule has 6 unspecified atom stereocenters. The third kappa shape index (κ3) is 49.1. The van der Waals surface area contributed by atoms with E-state index in [1.807, 2.05) is 0 Å². The molecular weight excluding hydrogens is 1070 g/mol. The number of hydrogen-bond donors (Lipinski definition) is 3. The fourth-order valence-electron chi connectivity index (χ4n) is 9.70. The molecule has 484 valence electrons. The number of ether oxygens (including phenoxy) is 5. The number of allylic oxidation sites excluding steroid dienone is 18. The number of hydrogen-bond acceptors (Lipinski definition) is 11. The van der Waals surface area contributed by atoms with Gasteiger partial charge in [0.2, 0.25) is 0 Å². The molecule has 0 amide bonds. The monoisotopic (exact) mass is 1190 g/mol. The zero-order valence-corrected chi connectivity index (χ0v) is 53.6. The molecule has 0 aromatic carbocycles. The standard InChI is InChI=1S/C73H120O12/c1-4-7-10-13-16-19-22-25-28-31-33-36-38-41-44-47-50-53-56-59-65(74)81-62-64(83-66(75)60-57-54-51-48-45-42-40-37-34-32-29-26-23-20-17-14-11-8-5-2)63-82-73-71(69(78)68(77)70(85-73)72(79)80)84-67(76)61-58-55-52-49-46-43-39-35-30-27-24-21-18-15-12-9-6-3/h7,9-10,12,16-21,25-30,33,36,64,68-71,73,77-78H,4-6,8,11,13-15,22-24,31-32,34-35,37-63H2,1-3H3,(H,79,80)/b10-7-,12-9-,19-16-,20-17-,21-18-,28-25-,29-26-,30-27-,36-33-. The third-order valence-corrected chi connectivity index (χ3v) is 14.8. The molecule has 0 bridgehead atoms. The lowest BCUT2D eigenvalue weighted by molar-refractivity contribution is -0.301. The van der Waals surface area contributed by atoms with E-state index in [9.17, 15) is 34.5 Å². The van der Waals surface area contributed by atoms with Crippen molar-refractivity contribution in [1.29, 1.82) is 0 Å². The lowest BCUT2D eigenvalue weighted by Crippen LogP contribution is -2.61. The molecule has 12 heteroatoms. The number of carboxylic acid groups (broad SMARTS) is 1. The van der Waals surface area contributed by atoms with Crippen LogP contribution in [0.25, 0.3) is 0 Å². The number of aliphatic hydroxyl groups is 2. The molecule has 1 heterocycles. The van der Waals surface area contributed by atoms with Gasteiger partial charge in [-0.3, -0.25) is 14.4 Å². The van der Waals surface area contributed by atoms with Gasteiger partial charge in [-0.1, -0.05) is 246 Å². The van der Waals surface area contributed by atoms with Crippen LogP contribution < -0.4 is 0 Å². The molecule has 1 aliphatic heterocycles. The van der Waals surface area contributed by atoms with Gasteiger partial charge in [0.25, 0.3) is 0 Å². The van der Waals surface area contributed by atoms with Gasteiger partial charge in [-0.15, -0.1) is 0 Å². The summed E-state index contributed by atoms with van der Waals surface area (Å²) in [5.41, 5.74) is 0. The summed E-state index contributed by atoms with van der Waals surface area (Å²) >= 11 is 0. The Labute approximate surface area is 516 Å². The molecule has 0 spiro atoms. The topological polar surface area (TPSA) is 175 Å². The van der Waals surface area contributed by atoms with E-state index in [4.69, 9.17) is 23.7 Å². The van der Waals surface area contributed by atoms with Crippen molar-refractivity contribution in [1.82, 2.24) is 0 Å². The molecule has 1 saturated heterocycles. The summed E-state index contributed by atoms with van der Waals surface area (Å²) < 4.78 is 28.6. The molecule has 0 saturated carbocycles. The fraction of sp³-hybridized carbons (Fsp3) is 0.699. The highest BCUT2D eigenvalue weighted by Crippen LogP contribution is 2.27. The second-order valence-corrected chi connectivity index (χ2v) is 22.7. The molecule has 0 aliphatic carbocycles. The average Bonchev–Trinajstić information content (AvgIpc) is 3.46. The van der Waals surface area contributed by atoms with Crippen LogP contribution in [0.15, 0.2) is 109 Å². The van der Waals surface area contributed by atoms with Gasteiger partial charge in [-0.25, -0.2) is 4.79 Å². The molecule has 1 aliphatic rings. The first kappa shape index (κ1) is 78.4. The Balaban J connectivity index is 2.67. The van der Waals surface area contributed by atoms with Gasteiger partial charge in [-0.05, 0) is 122 Å². The smallest absolute Gasteiger partial charge is 0.335 e. The first-order valence-electron chi connectivity index (χ1n) is 33.9. The van der Waals surface area contributed by atoms with Gasteiger partial charge < -0.3 is 39.0 Å². The number of rotatable bonds is 57. The van der Waals surface area contributed by atoms with E-state index >= 15 is 0 Å². The third-order valence-electron chi connectivity index (χ3n) is 14.8. The quantitative estimate of drug-likeness (QED) is 0.0228. The first-order valence-corrected chi connectivity index (χ1v) is 33.9. The van der Waals surface area contributed by atoms with E-state index in [1.54, 1.807) is 0 Å². The van der Waals surface area contributed by atoms with Gasteiger partial charge in [0.1, 0.15) is 18.8 Å². The summed E-state index contributed by atoms with van der Waals surface area (Å²) in [7, 11) is 0. The maximum absolute atomic E-state index is 13.2. The van der Waals surface area contributed by atoms with Gasteiger partial charge in [-0.2, -0.15) is 0 Å². The predicted octanol–water partition coefficient (Wildman–Crippen LogP) is 18.6. The maximum atomic E-state index is 13.2. The molecular formula is C73H120O12. The normalized spacial score (nSPS) is 18.2. The van der Waals surface area contributed by atoms with Crippen molar-refractivity contribution in [3.8, 4) is 0 Å². The Morgan fingerprint density at radius 2 is 0.741 bits per heavy atom. The van der Waals surface area contributed by atoms with Crippen molar-refractivity contribution >= 4 is 23.9 Å². The number of aliphatic carboxylic acids is 1. The number of aliphatic hydroxyl groups excluding tert-OH is 2. The number of esters is 3. The number of unbranched alkanes of at least 4 members (excludes halogenated alkanes) is 25. The summed E-state index contributed by atoms with van der Waals surface area (Å²) in [5.74, 6) is -3.15. The van der Waals surface area contributed by atoms with Gasteiger partial charge >= 0.3 is 23.9 Å². The van der Waals surface area contributed by atoms with Crippen LogP contribution in [0, 0.1) is 0 Å². The molecule has 12 nitrogen and oxygen atoms in total. The van der Waals surface area contributed by atoms with Crippen molar-refractivity contribution < 1.29 is 58.2 Å². The molecule has 0 radical (unpaired) electrons. The van der Waals surface area contributed by atoms with Crippen LogP contribution in [0.3, 0.4) is 0 Å². The Morgan fingerprint density at radius 1 is 0.400 bits per heavy atom. The van der Waals surface area contributed by atoms with E-state index in [0.717, 1.165) is 167 Å². The summed E-state index contributed by atoms with van der Waals surface area (Å²) in [5, 5.41) is 31.6. The minimum Gasteiger partial charge on any atom is -0.479 e. The zero-order chi connectivity index (χ0) is 61.7.